The molecular formula is C29H40N2O. The summed E-state index contributed by atoms with van der Waals surface area (Å²) >= 11 is 0. The van der Waals surface area contributed by atoms with Crippen molar-refractivity contribution in [2.45, 2.75) is 65.6 Å². The lowest BCUT2D eigenvalue weighted by atomic mass is 9.87. The van der Waals surface area contributed by atoms with Crippen molar-refractivity contribution in [3.63, 3.8) is 0 Å². The van der Waals surface area contributed by atoms with Gasteiger partial charge in [-0.2, -0.15) is 0 Å². The average Bonchev–Trinajstić information content (AvgIpc) is 2.77. The highest BCUT2D eigenvalue weighted by molar-refractivity contribution is 5.44. The molecule has 0 aliphatic carbocycles. The van der Waals surface area contributed by atoms with Crippen molar-refractivity contribution in [3.05, 3.63) is 101 Å². The lowest BCUT2D eigenvalue weighted by Gasteiger charge is -2.21. The molecule has 0 fully saturated rings. The van der Waals surface area contributed by atoms with E-state index >= 15 is 0 Å². The van der Waals surface area contributed by atoms with Gasteiger partial charge in [0.2, 0.25) is 0 Å². The van der Waals surface area contributed by atoms with E-state index in [4.69, 9.17) is 10.5 Å². The standard InChI is InChI=1S/C23H25NO.C6H15N/c1-18-12-13-23(25-17-19-8-4-2-5-9-19)22(16-18)21(14-15-24)20-10-6-3-7-11-20;1-5(2)7-6(3)4/h2-13,16,21H,14-15,17,24H2,1H3;5-7H,1-4H3. The van der Waals surface area contributed by atoms with E-state index in [1.165, 1.54) is 22.3 Å². The van der Waals surface area contributed by atoms with Crippen molar-refractivity contribution in [2.75, 3.05) is 6.54 Å². The van der Waals surface area contributed by atoms with Crippen LogP contribution in [-0.2, 0) is 6.61 Å². The zero-order valence-corrected chi connectivity index (χ0v) is 20.3. The fourth-order valence-electron chi connectivity index (χ4n) is 3.83. The second kappa shape index (κ2) is 13.7. The molecule has 0 radical (unpaired) electrons. The highest BCUT2D eigenvalue weighted by Gasteiger charge is 2.18. The highest BCUT2D eigenvalue weighted by atomic mass is 16.5. The van der Waals surface area contributed by atoms with E-state index in [9.17, 15) is 0 Å². The van der Waals surface area contributed by atoms with Crippen molar-refractivity contribution < 1.29 is 4.74 Å². The molecule has 1 unspecified atom stereocenters. The van der Waals surface area contributed by atoms with E-state index in [1.54, 1.807) is 0 Å². The predicted octanol–water partition coefficient (Wildman–Crippen LogP) is 6.45. The molecule has 0 amide bonds. The van der Waals surface area contributed by atoms with Crippen molar-refractivity contribution in [3.8, 4) is 5.75 Å². The summed E-state index contributed by atoms with van der Waals surface area (Å²) in [5.41, 5.74) is 10.8. The second-order valence-corrected chi connectivity index (χ2v) is 8.83. The van der Waals surface area contributed by atoms with Crippen LogP contribution in [0.5, 0.6) is 5.75 Å². The molecule has 1 atom stereocenters. The first kappa shape index (κ1) is 25.6. The van der Waals surface area contributed by atoms with E-state index in [0.29, 0.717) is 25.2 Å². The average molecular weight is 433 g/mol. The maximum absolute atomic E-state index is 6.19. The number of hydrogen-bond donors (Lipinski definition) is 2. The molecule has 0 aliphatic rings. The molecule has 3 nitrogen and oxygen atoms in total. The summed E-state index contributed by atoms with van der Waals surface area (Å²) in [6.45, 7) is 11.9. The van der Waals surface area contributed by atoms with Crippen LogP contribution in [0.4, 0.5) is 0 Å². The third kappa shape index (κ3) is 8.86. The minimum atomic E-state index is 0.247. The maximum atomic E-state index is 6.19. The predicted molar refractivity (Wildman–Crippen MR) is 137 cm³/mol. The fraction of sp³-hybridized carbons (Fsp3) is 0.379. The van der Waals surface area contributed by atoms with Gasteiger partial charge >= 0.3 is 0 Å². The lowest BCUT2D eigenvalue weighted by Crippen LogP contribution is -2.29. The number of ether oxygens (including phenoxy) is 1. The largest absolute Gasteiger partial charge is 0.489 e. The van der Waals surface area contributed by atoms with Crippen molar-refractivity contribution in [1.29, 1.82) is 0 Å². The molecule has 3 aromatic rings. The van der Waals surface area contributed by atoms with E-state index < -0.39 is 0 Å². The second-order valence-electron chi connectivity index (χ2n) is 8.83. The number of hydrogen-bond acceptors (Lipinski definition) is 3. The monoisotopic (exact) mass is 432 g/mol. The van der Waals surface area contributed by atoms with Crippen LogP contribution in [0, 0.1) is 6.92 Å². The topological polar surface area (TPSA) is 47.3 Å². The molecule has 172 valence electrons. The first-order chi connectivity index (χ1) is 15.4. The molecule has 3 aromatic carbocycles. The van der Waals surface area contributed by atoms with Gasteiger partial charge in [-0.1, -0.05) is 106 Å². The van der Waals surface area contributed by atoms with Crippen LogP contribution in [0.2, 0.25) is 0 Å². The summed E-state index contributed by atoms with van der Waals surface area (Å²) < 4.78 is 6.19. The Hall–Kier alpha value is -2.62. The molecule has 0 spiro atoms. The molecule has 3 heteroatoms. The van der Waals surface area contributed by atoms with Gasteiger partial charge in [0.05, 0.1) is 0 Å². The zero-order chi connectivity index (χ0) is 23.3. The molecule has 0 saturated carbocycles. The number of benzene rings is 3. The molecule has 0 aromatic heterocycles. The summed E-state index contributed by atoms with van der Waals surface area (Å²) in [5, 5.41) is 3.31. The Morgan fingerprint density at radius 1 is 0.812 bits per heavy atom. The Kier molecular flexibility index (Phi) is 11.0. The van der Waals surface area contributed by atoms with E-state index in [2.05, 4.69) is 94.5 Å². The van der Waals surface area contributed by atoms with Gasteiger partial charge in [-0.15, -0.1) is 0 Å². The Bertz CT molecular complexity index is 886. The molecule has 32 heavy (non-hydrogen) atoms. The van der Waals surface area contributed by atoms with E-state index in [0.717, 1.165) is 12.2 Å². The normalized spacial score (nSPS) is 11.8. The Labute approximate surface area is 195 Å². The smallest absolute Gasteiger partial charge is 0.123 e. The number of nitrogens with two attached hydrogens (primary N) is 1. The van der Waals surface area contributed by atoms with Gasteiger partial charge in [0.15, 0.2) is 0 Å². The first-order valence-corrected chi connectivity index (χ1v) is 11.7. The van der Waals surface area contributed by atoms with Gasteiger partial charge in [0.25, 0.3) is 0 Å². The van der Waals surface area contributed by atoms with Crippen molar-refractivity contribution in [2.24, 2.45) is 5.73 Å². The van der Waals surface area contributed by atoms with Crippen molar-refractivity contribution in [1.82, 2.24) is 5.32 Å². The summed E-state index contributed by atoms with van der Waals surface area (Å²) in [5.74, 6) is 1.19. The van der Waals surface area contributed by atoms with Gasteiger partial charge in [-0.3, -0.25) is 0 Å². The van der Waals surface area contributed by atoms with Crippen LogP contribution < -0.4 is 15.8 Å². The molecule has 3 rings (SSSR count). The molecule has 3 N–H and O–H groups in total. The van der Waals surface area contributed by atoms with Gasteiger partial charge in [0.1, 0.15) is 12.4 Å². The van der Waals surface area contributed by atoms with Crippen LogP contribution in [0.15, 0.2) is 78.9 Å². The van der Waals surface area contributed by atoms with Crippen molar-refractivity contribution >= 4 is 0 Å². The lowest BCUT2D eigenvalue weighted by molar-refractivity contribution is 0.301. The summed E-state index contributed by atoms with van der Waals surface area (Å²) in [6.07, 6.45) is 0.898. The zero-order valence-electron chi connectivity index (χ0n) is 20.3. The summed E-state index contributed by atoms with van der Waals surface area (Å²) in [6, 6.07) is 28.5. The molecule has 0 aliphatic heterocycles. The maximum Gasteiger partial charge on any atom is 0.123 e. The summed E-state index contributed by atoms with van der Waals surface area (Å²) in [7, 11) is 0. The Balaban J connectivity index is 0.000000451. The summed E-state index contributed by atoms with van der Waals surface area (Å²) in [4.78, 5) is 0. The first-order valence-electron chi connectivity index (χ1n) is 11.7. The molecule has 0 bridgehead atoms. The van der Waals surface area contributed by atoms with Crippen LogP contribution >= 0.6 is 0 Å². The van der Waals surface area contributed by atoms with E-state index in [1.807, 2.05) is 24.3 Å². The van der Waals surface area contributed by atoms with Crippen LogP contribution in [-0.4, -0.2) is 18.6 Å². The number of nitrogens with one attached hydrogen (secondary N) is 1. The Morgan fingerprint density at radius 2 is 1.41 bits per heavy atom. The van der Waals surface area contributed by atoms with Gasteiger partial charge in [-0.05, 0) is 37.1 Å². The minimum absolute atomic E-state index is 0.247. The highest BCUT2D eigenvalue weighted by Crippen LogP contribution is 2.35. The van der Waals surface area contributed by atoms with Gasteiger partial charge < -0.3 is 15.8 Å². The molecular weight excluding hydrogens is 392 g/mol. The van der Waals surface area contributed by atoms with Gasteiger partial charge in [-0.25, -0.2) is 0 Å². The third-order valence-corrected chi connectivity index (χ3v) is 5.10. The SMILES string of the molecule is CC(C)NC(C)C.Cc1ccc(OCc2ccccc2)c(C(CCN)c2ccccc2)c1. The fourth-order valence-corrected chi connectivity index (χ4v) is 3.83. The number of aryl methyl sites for hydroxylation is 1. The van der Waals surface area contributed by atoms with Crippen LogP contribution in [0.25, 0.3) is 0 Å². The quantitative estimate of drug-likeness (QED) is 0.408. The van der Waals surface area contributed by atoms with Gasteiger partial charge in [0, 0.05) is 23.6 Å². The van der Waals surface area contributed by atoms with E-state index in [-0.39, 0.29) is 5.92 Å². The molecule has 0 saturated heterocycles. The third-order valence-electron chi connectivity index (χ3n) is 5.10. The van der Waals surface area contributed by atoms with Crippen LogP contribution in [0.1, 0.15) is 62.3 Å². The molecule has 0 heterocycles. The van der Waals surface area contributed by atoms with Crippen LogP contribution in [0.3, 0.4) is 0 Å². The minimum Gasteiger partial charge on any atom is -0.489 e. The Morgan fingerprint density at radius 3 is 1.94 bits per heavy atom. The number of rotatable bonds is 9.